The number of hydrogen-bond acceptors (Lipinski definition) is 5. The number of thiophene rings is 1. The number of nitrogens with zero attached hydrogens (tertiary/aromatic N) is 5. The van der Waals surface area contributed by atoms with Gasteiger partial charge in [-0.05, 0) is 30.3 Å². The van der Waals surface area contributed by atoms with Gasteiger partial charge in [-0.15, -0.1) is 11.3 Å². The van der Waals surface area contributed by atoms with Crippen molar-refractivity contribution in [3.05, 3.63) is 127 Å². The first-order valence-corrected chi connectivity index (χ1v) is 14.4. The van der Waals surface area contributed by atoms with Gasteiger partial charge in [0.15, 0.2) is 0 Å². The van der Waals surface area contributed by atoms with Crippen molar-refractivity contribution in [3.63, 3.8) is 0 Å². The molecule has 5 nitrogen and oxygen atoms in total. The second-order valence-corrected chi connectivity index (χ2v) is 11.2. The van der Waals surface area contributed by atoms with E-state index >= 15 is 0 Å². The number of imidazole rings is 1. The Morgan fingerprint density at radius 1 is 0.561 bits per heavy atom. The van der Waals surface area contributed by atoms with Crippen LogP contribution in [0.5, 0.6) is 0 Å². The van der Waals surface area contributed by atoms with Gasteiger partial charge in [0, 0.05) is 26.8 Å². The highest BCUT2D eigenvalue weighted by Crippen LogP contribution is 2.48. The lowest BCUT2D eigenvalue weighted by molar-refractivity contribution is 1.01. The summed E-state index contributed by atoms with van der Waals surface area (Å²) >= 11 is 1.74. The summed E-state index contributed by atoms with van der Waals surface area (Å²) in [5.74, 6) is 1.36. The summed E-state index contributed by atoms with van der Waals surface area (Å²) in [5.41, 5.74) is 9.23. The highest BCUT2D eigenvalue weighted by Gasteiger charge is 2.31. The first kappa shape index (κ1) is 22.5. The second kappa shape index (κ2) is 8.58. The highest BCUT2D eigenvalue weighted by atomic mass is 32.1. The molecule has 192 valence electrons. The molecule has 9 rings (SSSR count). The van der Waals surface area contributed by atoms with E-state index in [0.29, 0.717) is 5.95 Å². The van der Waals surface area contributed by atoms with E-state index in [1.165, 1.54) is 4.70 Å². The predicted octanol–water partition coefficient (Wildman–Crippen LogP) is 9.30. The van der Waals surface area contributed by atoms with E-state index in [1.807, 2.05) is 12.1 Å². The fourth-order valence-electron chi connectivity index (χ4n) is 5.97. The first-order valence-electron chi connectivity index (χ1n) is 13.6. The standard InChI is InChI=1S/C35H21N5S/c1-2-12-22(13-3-1)31-33-32(25-16-6-11-21-30(25)41-33)38-34(37-31)40-28-19-9-5-15-24(28)23-14-4-8-18-27(23)39-29-20-10-7-17-26(29)36-35(39)40/h1-21H. The van der Waals surface area contributed by atoms with Crippen LogP contribution in [0.15, 0.2) is 127 Å². The molecule has 5 aromatic carbocycles. The second-order valence-electron chi connectivity index (χ2n) is 10.1. The van der Waals surface area contributed by atoms with E-state index < -0.39 is 0 Å². The lowest BCUT2D eigenvalue weighted by Crippen LogP contribution is -2.17. The van der Waals surface area contributed by atoms with E-state index in [2.05, 4.69) is 125 Å². The number of fused-ring (bicyclic) bond motifs is 10. The molecule has 0 amide bonds. The van der Waals surface area contributed by atoms with Gasteiger partial charge in [-0.3, -0.25) is 4.57 Å². The monoisotopic (exact) mass is 543 g/mol. The largest absolute Gasteiger partial charge is 0.277 e. The molecular formula is C35H21N5S. The van der Waals surface area contributed by atoms with Gasteiger partial charge < -0.3 is 0 Å². The van der Waals surface area contributed by atoms with Crippen LogP contribution < -0.4 is 4.90 Å². The van der Waals surface area contributed by atoms with E-state index in [1.54, 1.807) is 11.3 Å². The highest BCUT2D eigenvalue weighted by molar-refractivity contribution is 7.26. The molecule has 1 aliphatic heterocycles. The number of hydrogen-bond donors (Lipinski definition) is 0. The molecule has 8 aromatic rings. The van der Waals surface area contributed by atoms with Gasteiger partial charge >= 0.3 is 0 Å². The van der Waals surface area contributed by atoms with Crippen molar-refractivity contribution in [3.8, 4) is 28.1 Å². The predicted molar refractivity (Wildman–Crippen MR) is 169 cm³/mol. The molecule has 0 spiro atoms. The molecule has 0 saturated heterocycles. The van der Waals surface area contributed by atoms with Crippen LogP contribution in [0.2, 0.25) is 0 Å². The third kappa shape index (κ3) is 3.25. The minimum Gasteiger partial charge on any atom is -0.277 e. The van der Waals surface area contributed by atoms with Crippen LogP contribution in [0, 0.1) is 0 Å². The molecule has 0 saturated carbocycles. The van der Waals surface area contributed by atoms with Crippen molar-refractivity contribution in [1.29, 1.82) is 0 Å². The Kier molecular flexibility index (Phi) is 4.71. The van der Waals surface area contributed by atoms with Crippen LogP contribution in [0.3, 0.4) is 0 Å². The first-order chi connectivity index (χ1) is 20.3. The summed E-state index contributed by atoms with van der Waals surface area (Å²) in [6.07, 6.45) is 0. The van der Waals surface area contributed by atoms with Crippen molar-refractivity contribution in [2.24, 2.45) is 0 Å². The summed E-state index contributed by atoms with van der Waals surface area (Å²) in [4.78, 5) is 18.0. The molecule has 0 fully saturated rings. The summed E-state index contributed by atoms with van der Waals surface area (Å²) in [5, 5.41) is 1.13. The average Bonchev–Trinajstić information content (AvgIpc) is 3.57. The molecule has 1 aliphatic rings. The van der Waals surface area contributed by atoms with Crippen molar-refractivity contribution >= 4 is 60.3 Å². The third-order valence-corrected chi connectivity index (χ3v) is 8.95. The van der Waals surface area contributed by atoms with Gasteiger partial charge in [0.25, 0.3) is 0 Å². The average molecular weight is 544 g/mol. The van der Waals surface area contributed by atoms with Crippen molar-refractivity contribution < 1.29 is 0 Å². The van der Waals surface area contributed by atoms with Crippen LogP contribution in [0.4, 0.5) is 17.6 Å². The Morgan fingerprint density at radius 2 is 1.24 bits per heavy atom. The molecule has 0 aliphatic carbocycles. The molecule has 41 heavy (non-hydrogen) atoms. The zero-order valence-electron chi connectivity index (χ0n) is 21.8. The maximum atomic E-state index is 5.33. The van der Waals surface area contributed by atoms with Crippen LogP contribution >= 0.6 is 11.3 Å². The molecule has 0 radical (unpaired) electrons. The van der Waals surface area contributed by atoms with Crippen LogP contribution in [0.25, 0.3) is 59.4 Å². The van der Waals surface area contributed by atoms with Crippen LogP contribution in [-0.2, 0) is 0 Å². The lowest BCUT2D eigenvalue weighted by atomic mass is 10.0. The van der Waals surface area contributed by atoms with Crippen LogP contribution in [0.1, 0.15) is 0 Å². The number of aromatic nitrogens is 4. The van der Waals surface area contributed by atoms with E-state index in [9.17, 15) is 0 Å². The molecule has 0 atom stereocenters. The molecule has 6 heteroatoms. The van der Waals surface area contributed by atoms with Gasteiger partial charge in [0.05, 0.1) is 38.3 Å². The SMILES string of the molecule is c1ccc(-c2nc(N3c4ccccc4-c4ccccc4-n4c3nc3ccccc34)nc3c2sc2ccccc23)cc1. The Bertz CT molecular complexity index is 2280. The van der Waals surface area contributed by atoms with Gasteiger partial charge in [-0.25, -0.2) is 19.9 Å². The molecule has 4 heterocycles. The van der Waals surface area contributed by atoms with Gasteiger partial charge in [-0.1, -0.05) is 97.1 Å². The normalized spacial score (nSPS) is 12.3. The number of benzene rings is 5. The Labute approximate surface area is 239 Å². The maximum Gasteiger partial charge on any atom is 0.238 e. The molecule has 3 aromatic heterocycles. The van der Waals surface area contributed by atoms with Gasteiger partial charge in [-0.2, -0.15) is 0 Å². The number of para-hydroxylation sites is 4. The minimum absolute atomic E-state index is 0.594. The summed E-state index contributed by atoms with van der Waals surface area (Å²) < 4.78 is 4.52. The lowest BCUT2D eigenvalue weighted by Gasteiger charge is -2.23. The van der Waals surface area contributed by atoms with Crippen molar-refractivity contribution in [1.82, 2.24) is 19.5 Å². The molecule has 0 unspecified atom stereocenters. The zero-order chi connectivity index (χ0) is 26.9. The molecule has 0 N–H and O–H groups in total. The minimum atomic E-state index is 0.594. The fraction of sp³-hybridized carbons (Fsp3) is 0. The van der Waals surface area contributed by atoms with Gasteiger partial charge in [0.1, 0.15) is 0 Å². The third-order valence-electron chi connectivity index (χ3n) is 7.78. The summed E-state index contributed by atoms with van der Waals surface area (Å²) in [6.45, 7) is 0. The zero-order valence-corrected chi connectivity index (χ0v) is 22.6. The van der Waals surface area contributed by atoms with Crippen LogP contribution in [-0.4, -0.2) is 19.5 Å². The Morgan fingerprint density at radius 3 is 2.12 bits per heavy atom. The quantitative estimate of drug-likeness (QED) is 0.218. The number of anilines is 3. The van der Waals surface area contributed by atoms with E-state index in [4.69, 9.17) is 15.0 Å². The molecule has 0 bridgehead atoms. The molecular weight excluding hydrogens is 522 g/mol. The Hall–Kier alpha value is -5.33. The van der Waals surface area contributed by atoms with Crippen molar-refractivity contribution in [2.75, 3.05) is 4.90 Å². The smallest absolute Gasteiger partial charge is 0.238 e. The summed E-state index contributed by atoms with van der Waals surface area (Å²) in [6, 6.07) is 44.2. The fourth-order valence-corrected chi connectivity index (χ4v) is 7.12. The topological polar surface area (TPSA) is 46.8 Å². The van der Waals surface area contributed by atoms with Crippen molar-refractivity contribution in [2.45, 2.75) is 0 Å². The van der Waals surface area contributed by atoms with E-state index in [-0.39, 0.29) is 0 Å². The van der Waals surface area contributed by atoms with E-state index in [0.717, 1.165) is 66.3 Å². The maximum absolute atomic E-state index is 5.33. The van der Waals surface area contributed by atoms with Gasteiger partial charge in [0.2, 0.25) is 11.9 Å². The summed E-state index contributed by atoms with van der Waals surface area (Å²) in [7, 11) is 0. The Balaban J connectivity index is 1.44. The number of rotatable bonds is 2.